The number of hydrogen-bond donors (Lipinski definition) is 8. The molecule has 16 nitrogen and oxygen atoms in total. The number of aromatic hydroxyl groups is 4. The van der Waals surface area contributed by atoms with Crippen molar-refractivity contribution >= 4 is 11.9 Å². The van der Waals surface area contributed by atoms with E-state index in [-0.39, 0.29) is 36.3 Å². The van der Waals surface area contributed by atoms with Gasteiger partial charge in [0.05, 0.1) is 16.5 Å². The van der Waals surface area contributed by atoms with Crippen LogP contribution in [0.25, 0.3) is 0 Å². The number of aliphatic hydroxyl groups is 4. The standard InChI is InChI=1S/C30H32O16/c1-27-10-29(40)18-8-30(27,28(18,26(45-27)46-29)11-42-23(38)12-2-4-14(31)5-3-12)44-25-22(37)21(36)20(35)17(43-25)9-41-24(39)13-6-15(32)19(34)16(33)7-13/h2-7,17-18,20-22,25-26,31-37,40H,8-11H2,1H3/t17-,18-,20-,21+,22-,25+,26-,27+,28+,29-,30+/m1/s1. The summed E-state index contributed by atoms with van der Waals surface area (Å²) in [6.45, 7) is 0.673. The Morgan fingerprint density at radius 1 is 0.891 bits per heavy atom. The summed E-state index contributed by atoms with van der Waals surface area (Å²) >= 11 is 0. The minimum atomic E-state index is -1.83. The van der Waals surface area contributed by atoms with Crippen molar-refractivity contribution in [3.63, 3.8) is 0 Å². The van der Waals surface area contributed by atoms with E-state index >= 15 is 0 Å². The number of esters is 2. The number of benzene rings is 2. The molecular formula is C30H32O16. The van der Waals surface area contributed by atoms with E-state index in [1.165, 1.54) is 24.3 Å². The monoisotopic (exact) mass is 648 g/mol. The van der Waals surface area contributed by atoms with Gasteiger partial charge in [0.15, 0.2) is 35.6 Å². The van der Waals surface area contributed by atoms with Crippen molar-refractivity contribution in [3.05, 3.63) is 47.5 Å². The number of carbonyl (C=O) groups excluding carboxylic acids is 2. The smallest absolute Gasteiger partial charge is 0.338 e. The molecule has 9 rings (SSSR count). The Morgan fingerprint density at radius 2 is 1.54 bits per heavy atom. The van der Waals surface area contributed by atoms with E-state index in [0.717, 1.165) is 12.1 Å². The molecule has 2 aromatic rings. The second-order valence-corrected chi connectivity index (χ2v) is 12.7. The Balaban J connectivity index is 1.11. The molecule has 8 N–H and O–H groups in total. The van der Waals surface area contributed by atoms with E-state index < -0.39 is 101 Å². The first-order valence-electron chi connectivity index (χ1n) is 14.5. The fourth-order valence-corrected chi connectivity index (χ4v) is 7.85. The molecule has 7 aliphatic rings. The SMILES string of the molecule is C[C@@]12C[C@@]3(O)O[C@@H](O1)[C@]1(COC(=O)c4ccc(O)cc4)[C@H]3C[C@@]12O[C@@H]1O[C@H](COC(=O)c2cc(O)c(O)c(O)c2)[C@@H](O)[C@H](O)[C@H]1O. The molecule has 4 saturated heterocycles. The zero-order valence-electron chi connectivity index (χ0n) is 24.2. The van der Waals surface area contributed by atoms with E-state index in [2.05, 4.69) is 0 Å². The summed E-state index contributed by atoms with van der Waals surface area (Å²) in [6, 6.07) is 7.10. The number of aliphatic hydroxyl groups excluding tert-OH is 3. The zero-order chi connectivity index (χ0) is 33.0. The topological polar surface area (TPSA) is 251 Å². The van der Waals surface area contributed by atoms with Gasteiger partial charge in [-0.3, -0.25) is 0 Å². The van der Waals surface area contributed by atoms with Crippen molar-refractivity contribution in [1.82, 2.24) is 0 Å². The highest BCUT2D eigenvalue weighted by Crippen LogP contribution is 2.81. The molecule has 3 saturated carbocycles. The van der Waals surface area contributed by atoms with Crippen molar-refractivity contribution in [1.29, 1.82) is 0 Å². The molecule has 3 aliphatic carbocycles. The van der Waals surface area contributed by atoms with Gasteiger partial charge < -0.3 is 69.3 Å². The fraction of sp³-hybridized carbons (Fsp3) is 0.533. The second-order valence-electron chi connectivity index (χ2n) is 12.7. The van der Waals surface area contributed by atoms with Gasteiger partial charge in [0.2, 0.25) is 0 Å². The summed E-state index contributed by atoms with van der Waals surface area (Å²) in [5.41, 5.74) is -4.07. The summed E-state index contributed by atoms with van der Waals surface area (Å²) in [5, 5.41) is 82.1. The number of carbonyl (C=O) groups is 2. The lowest BCUT2D eigenvalue weighted by Crippen LogP contribution is -2.80. The van der Waals surface area contributed by atoms with Crippen LogP contribution in [0.1, 0.15) is 40.5 Å². The van der Waals surface area contributed by atoms with Crippen molar-refractivity contribution in [3.8, 4) is 23.0 Å². The van der Waals surface area contributed by atoms with Gasteiger partial charge in [-0.1, -0.05) is 0 Å². The molecule has 0 amide bonds. The minimum absolute atomic E-state index is 0.0316. The van der Waals surface area contributed by atoms with Crippen molar-refractivity contribution < 1.29 is 78.9 Å². The van der Waals surface area contributed by atoms with Crippen LogP contribution in [0, 0.1) is 11.3 Å². The van der Waals surface area contributed by atoms with Gasteiger partial charge >= 0.3 is 11.9 Å². The van der Waals surface area contributed by atoms with Gasteiger partial charge in [-0.2, -0.15) is 0 Å². The highest BCUT2D eigenvalue weighted by atomic mass is 16.8. The molecule has 0 radical (unpaired) electrons. The number of phenolic OH excluding ortho intramolecular Hbond substituents is 4. The highest BCUT2D eigenvalue weighted by molar-refractivity contribution is 5.91. The average molecular weight is 649 g/mol. The van der Waals surface area contributed by atoms with Crippen LogP contribution in [0.5, 0.6) is 23.0 Å². The minimum Gasteiger partial charge on any atom is -0.508 e. The average Bonchev–Trinajstić information content (AvgIpc) is 3.20. The van der Waals surface area contributed by atoms with Gasteiger partial charge in [-0.15, -0.1) is 0 Å². The lowest BCUT2D eigenvalue weighted by molar-refractivity contribution is -0.424. The Morgan fingerprint density at radius 3 is 2.22 bits per heavy atom. The second kappa shape index (κ2) is 10.1. The molecule has 6 bridgehead atoms. The molecule has 0 unspecified atom stereocenters. The van der Waals surface area contributed by atoms with Crippen molar-refractivity contribution in [2.24, 2.45) is 11.3 Å². The third kappa shape index (κ3) is 4.08. The quantitative estimate of drug-likeness (QED) is 0.130. The molecule has 46 heavy (non-hydrogen) atoms. The molecule has 0 spiro atoms. The van der Waals surface area contributed by atoms with E-state index in [4.69, 9.17) is 28.4 Å². The van der Waals surface area contributed by atoms with E-state index in [1.807, 2.05) is 0 Å². The molecule has 7 fully saturated rings. The van der Waals surface area contributed by atoms with E-state index in [0.29, 0.717) is 0 Å². The lowest BCUT2D eigenvalue weighted by Gasteiger charge is -2.67. The third-order valence-electron chi connectivity index (χ3n) is 10.2. The first-order valence-corrected chi connectivity index (χ1v) is 14.5. The first-order chi connectivity index (χ1) is 21.6. The van der Waals surface area contributed by atoms with Crippen LogP contribution in [-0.4, -0.2) is 120 Å². The predicted octanol–water partition coefficient (Wildman–Crippen LogP) is -0.670. The Bertz CT molecular complexity index is 1560. The fourth-order valence-electron chi connectivity index (χ4n) is 7.85. The molecular weight excluding hydrogens is 616 g/mol. The van der Waals surface area contributed by atoms with E-state index in [9.17, 15) is 50.4 Å². The van der Waals surface area contributed by atoms with Crippen molar-refractivity contribution in [2.45, 2.75) is 73.8 Å². The molecule has 11 atom stereocenters. The lowest BCUT2D eigenvalue weighted by atomic mass is 9.41. The van der Waals surface area contributed by atoms with Crippen LogP contribution in [0.4, 0.5) is 0 Å². The third-order valence-corrected chi connectivity index (χ3v) is 10.2. The zero-order valence-corrected chi connectivity index (χ0v) is 24.2. The van der Waals surface area contributed by atoms with Crippen molar-refractivity contribution in [2.75, 3.05) is 13.2 Å². The van der Waals surface area contributed by atoms with Gasteiger partial charge in [0, 0.05) is 12.3 Å². The molecule has 2 aromatic carbocycles. The van der Waals surface area contributed by atoms with Gasteiger partial charge in [0.1, 0.15) is 54.6 Å². The molecule has 0 aromatic heterocycles. The van der Waals surface area contributed by atoms with Crippen LogP contribution in [0.3, 0.4) is 0 Å². The number of ether oxygens (including phenoxy) is 6. The number of phenols is 4. The maximum atomic E-state index is 12.9. The maximum absolute atomic E-state index is 12.9. The van der Waals surface area contributed by atoms with Crippen LogP contribution >= 0.6 is 0 Å². The van der Waals surface area contributed by atoms with Gasteiger partial charge in [-0.25, -0.2) is 9.59 Å². The van der Waals surface area contributed by atoms with Gasteiger partial charge in [0.25, 0.3) is 0 Å². The summed E-state index contributed by atoms with van der Waals surface area (Å²) in [7, 11) is 0. The summed E-state index contributed by atoms with van der Waals surface area (Å²) < 4.78 is 35.2. The highest BCUT2D eigenvalue weighted by Gasteiger charge is 2.94. The number of rotatable bonds is 8. The largest absolute Gasteiger partial charge is 0.508 e. The normalized spacial score (nSPS) is 41.6. The molecule has 4 aliphatic heterocycles. The van der Waals surface area contributed by atoms with Crippen LogP contribution in [-0.2, 0) is 28.4 Å². The Hall–Kier alpha value is -3.74. The molecule has 248 valence electrons. The molecule has 4 heterocycles. The Kier molecular flexibility index (Phi) is 6.80. The molecule has 16 heteroatoms. The van der Waals surface area contributed by atoms with Crippen LogP contribution < -0.4 is 0 Å². The summed E-state index contributed by atoms with van der Waals surface area (Å²) in [5.74, 6) is -6.46. The summed E-state index contributed by atoms with van der Waals surface area (Å²) in [6.07, 6.45) is -9.43. The van der Waals surface area contributed by atoms with Gasteiger partial charge in [-0.05, 0) is 49.7 Å². The first kappa shape index (κ1) is 30.9. The maximum Gasteiger partial charge on any atom is 0.338 e. The van der Waals surface area contributed by atoms with Crippen LogP contribution in [0.2, 0.25) is 0 Å². The van der Waals surface area contributed by atoms with Crippen LogP contribution in [0.15, 0.2) is 36.4 Å². The summed E-state index contributed by atoms with van der Waals surface area (Å²) in [4.78, 5) is 25.5. The predicted molar refractivity (Wildman–Crippen MR) is 145 cm³/mol. The van der Waals surface area contributed by atoms with E-state index in [1.54, 1.807) is 6.92 Å². The number of hydrogen-bond acceptors (Lipinski definition) is 16. The Labute approximate surface area is 259 Å².